The maximum atomic E-state index is 13.0. The van der Waals surface area contributed by atoms with E-state index >= 15 is 0 Å². The number of rotatable bonds is 5. The molecule has 2 heterocycles. The zero-order valence-electron chi connectivity index (χ0n) is 20.5. The van der Waals surface area contributed by atoms with Gasteiger partial charge in [0.1, 0.15) is 6.10 Å². The van der Waals surface area contributed by atoms with Gasteiger partial charge in [-0.05, 0) is 63.9 Å². The summed E-state index contributed by atoms with van der Waals surface area (Å²) < 4.78 is 18.6. The van der Waals surface area contributed by atoms with Gasteiger partial charge in [0.05, 0.1) is 11.2 Å². The molecule has 0 aromatic heterocycles. The van der Waals surface area contributed by atoms with E-state index in [0.717, 1.165) is 17.4 Å². The molecule has 1 aromatic rings. The van der Waals surface area contributed by atoms with Gasteiger partial charge in [0.15, 0.2) is 8.32 Å². The number of hydrogen-bond donors (Lipinski definition) is 0. The Bertz CT molecular complexity index is 836. The summed E-state index contributed by atoms with van der Waals surface area (Å²) in [4.78, 5) is 14.8. The molecule has 0 radical (unpaired) electrons. The molecule has 2 saturated heterocycles. The lowest BCUT2D eigenvalue weighted by atomic mass is 9.78. The van der Waals surface area contributed by atoms with Gasteiger partial charge in [-0.1, -0.05) is 44.5 Å². The van der Waals surface area contributed by atoms with Crippen LogP contribution in [0.2, 0.25) is 23.2 Å². The van der Waals surface area contributed by atoms with Crippen molar-refractivity contribution in [3.63, 3.8) is 0 Å². The quantitative estimate of drug-likeness (QED) is 0.588. The summed E-state index contributed by atoms with van der Waals surface area (Å²) in [7, 11) is -2.48. The van der Waals surface area contributed by atoms with Crippen molar-refractivity contribution in [2.24, 2.45) is 0 Å². The molecule has 1 atom stereocenters. The molecule has 172 valence electrons. The van der Waals surface area contributed by atoms with Crippen molar-refractivity contribution in [1.29, 1.82) is 0 Å². The molecule has 8 heteroatoms. The van der Waals surface area contributed by atoms with Gasteiger partial charge in [0.25, 0.3) is 5.91 Å². The first kappa shape index (κ1) is 24.8. The zero-order valence-corrected chi connectivity index (χ0v) is 22.2. The molecule has 1 amide bonds. The highest BCUT2D eigenvalue weighted by molar-refractivity contribution is 6.74. The predicted molar refractivity (Wildman–Crippen MR) is 129 cm³/mol. The molecule has 5 nitrogen and oxygen atoms in total. The fraction of sp³-hybridized carbons (Fsp3) is 0.696. The highest BCUT2D eigenvalue weighted by Gasteiger charge is 2.52. The number of benzene rings is 1. The number of amides is 1. The van der Waals surface area contributed by atoms with E-state index in [4.69, 9.17) is 25.3 Å². The molecule has 0 bridgehead atoms. The monoisotopic (exact) mass is 465 g/mol. The van der Waals surface area contributed by atoms with Gasteiger partial charge in [0, 0.05) is 23.6 Å². The van der Waals surface area contributed by atoms with Gasteiger partial charge < -0.3 is 18.6 Å². The standard InChI is InChI=1S/C23H37BClNO4Si/c1-21(2,3)31(8,9)28-19-12-13-26(20(19)27)15-16-10-11-17(18(25)14-16)24-29-22(4,5)23(6,7)30-24/h10-11,14,19H,12-13,15H2,1-9H3/t19-/m0/s1. The minimum absolute atomic E-state index is 0.0796. The van der Waals surface area contributed by atoms with Crippen molar-refractivity contribution in [2.75, 3.05) is 6.54 Å². The largest absolute Gasteiger partial charge is 0.496 e. The zero-order chi connectivity index (χ0) is 23.4. The van der Waals surface area contributed by atoms with E-state index in [1.54, 1.807) is 0 Å². The van der Waals surface area contributed by atoms with Crippen LogP contribution in [0.1, 0.15) is 60.5 Å². The van der Waals surface area contributed by atoms with Crippen molar-refractivity contribution >= 4 is 38.4 Å². The number of carbonyl (C=O) groups is 1. The molecular formula is C23H37BClNO4Si. The first-order chi connectivity index (χ1) is 14.0. The number of carbonyl (C=O) groups excluding carboxylic acids is 1. The van der Waals surface area contributed by atoms with E-state index in [2.05, 4.69) is 33.9 Å². The van der Waals surface area contributed by atoms with Crippen molar-refractivity contribution < 1.29 is 18.5 Å². The fourth-order valence-electron chi connectivity index (χ4n) is 3.56. The normalized spacial score (nSPS) is 23.7. The summed E-state index contributed by atoms with van der Waals surface area (Å²) in [5.41, 5.74) is 0.976. The number of nitrogens with zero attached hydrogens (tertiary/aromatic N) is 1. The first-order valence-corrected chi connectivity index (χ1v) is 14.4. The third-order valence-corrected chi connectivity index (χ3v) is 12.3. The Hall–Kier alpha value is -0.858. The molecule has 2 aliphatic heterocycles. The Labute approximate surface area is 194 Å². The predicted octanol–water partition coefficient (Wildman–Crippen LogP) is 4.76. The topological polar surface area (TPSA) is 48.0 Å². The molecule has 0 unspecified atom stereocenters. The van der Waals surface area contributed by atoms with Gasteiger partial charge in [-0.15, -0.1) is 0 Å². The van der Waals surface area contributed by atoms with Crippen LogP contribution >= 0.6 is 11.6 Å². The third-order valence-electron chi connectivity index (χ3n) is 7.44. The van der Waals surface area contributed by atoms with E-state index in [-0.39, 0.29) is 17.0 Å². The molecule has 2 fully saturated rings. The maximum Gasteiger partial charge on any atom is 0.496 e. The molecule has 0 aliphatic carbocycles. The van der Waals surface area contributed by atoms with Crippen LogP contribution in [0, 0.1) is 0 Å². The van der Waals surface area contributed by atoms with Crippen molar-refractivity contribution in [1.82, 2.24) is 4.90 Å². The van der Waals surface area contributed by atoms with Crippen molar-refractivity contribution in [3.05, 3.63) is 28.8 Å². The van der Waals surface area contributed by atoms with Gasteiger partial charge >= 0.3 is 7.12 Å². The van der Waals surface area contributed by atoms with E-state index in [1.165, 1.54) is 0 Å². The van der Waals surface area contributed by atoms with E-state index in [9.17, 15) is 4.79 Å². The average molecular weight is 466 g/mol. The number of hydrogen-bond acceptors (Lipinski definition) is 4. The maximum absolute atomic E-state index is 13.0. The highest BCUT2D eigenvalue weighted by atomic mass is 35.5. The Kier molecular flexibility index (Phi) is 6.53. The minimum Gasteiger partial charge on any atom is -0.405 e. The van der Waals surface area contributed by atoms with Gasteiger partial charge in [-0.2, -0.15) is 0 Å². The van der Waals surface area contributed by atoms with Gasteiger partial charge in [0.2, 0.25) is 0 Å². The summed E-state index contributed by atoms with van der Waals surface area (Å²) in [5, 5.41) is 0.675. The van der Waals surface area contributed by atoms with Crippen LogP contribution < -0.4 is 5.46 Å². The molecule has 0 N–H and O–H groups in total. The highest BCUT2D eigenvalue weighted by Crippen LogP contribution is 2.39. The molecule has 2 aliphatic rings. The third kappa shape index (κ3) is 4.91. The molecule has 3 rings (SSSR count). The molecule has 1 aromatic carbocycles. The summed E-state index contributed by atoms with van der Waals surface area (Å²) in [6.07, 6.45) is 0.408. The number of likely N-dealkylation sites (tertiary alicyclic amines) is 1. The Balaban J connectivity index is 1.67. The van der Waals surface area contributed by atoms with Gasteiger partial charge in [-0.25, -0.2) is 0 Å². The van der Waals surface area contributed by atoms with Crippen LogP contribution in [-0.2, 0) is 25.1 Å². The summed E-state index contributed by atoms with van der Waals surface area (Å²) in [6, 6.07) is 5.86. The minimum atomic E-state index is -1.99. The lowest BCUT2D eigenvalue weighted by Gasteiger charge is -2.37. The van der Waals surface area contributed by atoms with E-state index in [0.29, 0.717) is 18.1 Å². The van der Waals surface area contributed by atoms with Crippen LogP contribution in [-0.4, -0.2) is 50.1 Å². The van der Waals surface area contributed by atoms with Crippen LogP contribution in [0.4, 0.5) is 0 Å². The summed E-state index contributed by atoms with van der Waals surface area (Å²) >= 11 is 6.60. The van der Waals surface area contributed by atoms with E-state index in [1.807, 2.05) is 50.8 Å². The van der Waals surface area contributed by atoms with Gasteiger partial charge in [-0.3, -0.25) is 4.79 Å². The second-order valence-corrected chi connectivity index (χ2v) is 16.5. The Morgan fingerprint density at radius 1 is 1.19 bits per heavy atom. The smallest absolute Gasteiger partial charge is 0.405 e. The second-order valence-electron chi connectivity index (χ2n) is 11.4. The lowest BCUT2D eigenvalue weighted by molar-refractivity contribution is -0.134. The summed E-state index contributed by atoms with van der Waals surface area (Å²) in [6.45, 7) is 20.3. The van der Waals surface area contributed by atoms with Crippen LogP contribution in [0.3, 0.4) is 0 Å². The molecule has 0 saturated carbocycles. The SMILES string of the molecule is CC1(C)OB(c2ccc(CN3CC[C@H](O[Si](C)(C)C(C)(C)C)C3=O)cc2Cl)OC1(C)C. The van der Waals surface area contributed by atoms with Crippen LogP contribution in [0.15, 0.2) is 18.2 Å². The molecule has 31 heavy (non-hydrogen) atoms. The lowest BCUT2D eigenvalue weighted by Crippen LogP contribution is -2.46. The Morgan fingerprint density at radius 2 is 1.77 bits per heavy atom. The first-order valence-electron chi connectivity index (χ1n) is 11.1. The number of halogens is 1. The molecule has 0 spiro atoms. The molecular weight excluding hydrogens is 429 g/mol. The van der Waals surface area contributed by atoms with Crippen LogP contribution in [0.5, 0.6) is 0 Å². The summed E-state index contributed by atoms with van der Waals surface area (Å²) in [5.74, 6) is 0.0796. The fourth-order valence-corrected chi connectivity index (χ4v) is 5.14. The second kappa shape index (κ2) is 8.17. The Morgan fingerprint density at radius 3 is 2.29 bits per heavy atom. The van der Waals surface area contributed by atoms with Crippen molar-refractivity contribution in [2.45, 2.75) is 96.9 Å². The average Bonchev–Trinajstić information content (AvgIpc) is 3.03. The van der Waals surface area contributed by atoms with Crippen molar-refractivity contribution in [3.8, 4) is 0 Å². The van der Waals surface area contributed by atoms with E-state index < -0.39 is 26.6 Å². The van der Waals surface area contributed by atoms with Crippen LogP contribution in [0.25, 0.3) is 0 Å².